The number of rotatable bonds is 1. The van der Waals surface area contributed by atoms with Crippen LogP contribution in [-0.2, 0) is 11.7 Å². The molecule has 5 rings (SSSR count). The zero-order valence-corrected chi connectivity index (χ0v) is 16.6. The van der Waals surface area contributed by atoms with E-state index in [4.69, 9.17) is 0 Å². The summed E-state index contributed by atoms with van der Waals surface area (Å²) in [6.45, 7) is 5.25. The lowest BCUT2D eigenvalue weighted by Gasteiger charge is -2.34. The minimum atomic E-state index is -4.60. The fourth-order valence-corrected chi connectivity index (χ4v) is 4.19. The monoisotopic (exact) mass is 433 g/mol. The molecule has 0 aliphatic carbocycles. The van der Waals surface area contributed by atoms with E-state index in [0.717, 1.165) is 12.3 Å². The molecule has 31 heavy (non-hydrogen) atoms. The van der Waals surface area contributed by atoms with Crippen LogP contribution in [0.4, 0.5) is 27.6 Å². The summed E-state index contributed by atoms with van der Waals surface area (Å²) in [4.78, 5) is 2.53. The number of benzene rings is 2. The van der Waals surface area contributed by atoms with Gasteiger partial charge in [0, 0.05) is 23.2 Å². The first-order valence-electron chi connectivity index (χ1n) is 9.41. The van der Waals surface area contributed by atoms with Crippen molar-refractivity contribution in [2.75, 3.05) is 5.32 Å². The molecule has 2 aromatic heterocycles. The molecule has 4 aromatic rings. The number of fused-ring (bicyclic) bond motifs is 4. The van der Waals surface area contributed by atoms with E-state index in [2.05, 4.69) is 20.5 Å². The summed E-state index contributed by atoms with van der Waals surface area (Å²) < 4.78 is 72.5. The molecule has 0 radical (unpaired) electrons. The second-order valence-corrected chi connectivity index (χ2v) is 8.03. The molecule has 0 spiro atoms. The van der Waals surface area contributed by atoms with Crippen LogP contribution >= 0.6 is 0 Å². The number of H-pyrrole nitrogens is 1. The van der Waals surface area contributed by atoms with Gasteiger partial charge in [0.15, 0.2) is 11.6 Å². The van der Waals surface area contributed by atoms with E-state index in [1.165, 1.54) is 22.8 Å². The lowest BCUT2D eigenvalue weighted by atomic mass is 9.95. The fourth-order valence-electron chi connectivity index (χ4n) is 4.19. The highest BCUT2D eigenvalue weighted by Gasteiger charge is 2.38. The Morgan fingerprint density at radius 2 is 1.84 bits per heavy atom. The molecule has 0 saturated carbocycles. The van der Waals surface area contributed by atoms with Crippen molar-refractivity contribution in [3.05, 3.63) is 59.3 Å². The SMILES string of the molecule is Cc1nnc2n1-c1c(cc(F)c(-c3cccc4c(C(F)(F)F)c[nH]c34)c1F)NC2(C)C. The van der Waals surface area contributed by atoms with Gasteiger partial charge < -0.3 is 10.3 Å². The van der Waals surface area contributed by atoms with Gasteiger partial charge in [0.25, 0.3) is 0 Å². The Morgan fingerprint density at radius 3 is 2.55 bits per heavy atom. The number of aryl methyl sites for hydroxylation is 1. The molecule has 10 heteroatoms. The third kappa shape index (κ3) is 2.67. The number of anilines is 1. The molecule has 1 aliphatic rings. The van der Waals surface area contributed by atoms with E-state index in [1.807, 2.05) is 0 Å². The van der Waals surface area contributed by atoms with Gasteiger partial charge >= 0.3 is 6.18 Å². The van der Waals surface area contributed by atoms with Gasteiger partial charge in [-0.05, 0) is 20.8 Å². The minimum absolute atomic E-state index is 0.00243. The highest BCUT2D eigenvalue weighted by molar-refractivity contribution is 5.97. The lowest BCUT2D eigenvalue weighted by molar-refractivity contribution is -0.136. The van der Waals surface area contributed by atoms with Gasteiger partial charge in [-0.15, -0.1) is 10.2 Å². The van der Waals surface area contributed by atoms with Crippen LogP contribution in [0.1, 0.15) is 31.1 Å². The van der Waals surface area contributed by atoms with E-state index in [1.54, 1.807) is 20.8 Å². The normalized spacial score (nSPS) is 15.0. The molecular formula is C21H16F5N5. The zero-order valence-electron chi connectivity index (χ0n) is 16.6. The number of hydrogen-bond acceptors (Lipinski definition) is 3. The van der Waals surface area contributed by atoms with Gasteiger partial charge in [0.1, 0.15) is 17.3 Å². The number of nitrogens with one attached hydrogen (secondary N) is 2. The Balaban J connectivity index is 1.82. The Bertz CT molecular complexity index is 1360. The summed E-state index contributed by atoms with van der Waals surface area (Å²) in [5.41, 5.74) is -1.86. The maximum Gasteiger partial charge on any atom is 0.418 e. The number of halogens is 5. The van der Waals surface area contributed by atoms with Crippen molar-refractivity contribution in [1.82, 2.24) is 19.7 Å². The lowest BCUT2D eigenvalue weighted by Crippen LogP contribution is -2.36. The number of hydrogen-bond donors (Lipinski definition) is 2. The predicted molar refractivity (Wildman–Crippen MR) is 105 cm³/mol. The molecule has 0 fully saturated rings. The third-order valence-electron chi connectivity index (χ3n) is 5.54. The van der Waals surface area contributed by atoms with Crippen molar-refractivity contribution < 1.29 is 22.0 Å². The molecule has 2 N–H and O–H groups in total. The molecule has 0 amide bonds. The van der Waals surface area contributed by atoms with Gasteiger partial charge in [-0.25, -0.2) is 8.78 Å². The van der Waals surface area contributed by atoms with Crippen molar-refractivity contribution in [1.29, 1.82) is 0 Å². The van der Waals surface area contributed by atoms with Crippen molar-refractivity contribution in [3.8, 4) is 16.8 Å². The van der Waals surface area contributed by atoms with Crippen molar-refractivity contribution in [2.24, 2.45) is 0 Å². The largest absolute Gasteiger partial charge is 0.418 e. The Hall–Kier alpha value is -3.43. The van der Waals surface area contributed by atoms with E-state index >= 15 is 8.78 Å². The molecule has 0 bridgehead atoms. The van der Waals surface area contributed by atoms with Crippen molar-refractivity contribution in [2.45, 2.75) is 32.5 Å². The Kier molecular flexibility index (Phi) is 3.81. The van der Waals surface area contributed by atoms with Gasteiger partial charge in [-0.1, -0.05) is 18.2 Å². The predicted octanol–water partition coefficient (Wildman–Crippen LogP) is 5.68. The van der Waals surface area contributed by atoms with Crippen LogP contribution in [0.15, 0.2) is 30.5 Å². The standard InChI is InChI=1S/C21H16F5N5/c1-9-29-30-19-20(2,3)28-14-7-13(22)15(16(23)18(14)31(9)19)11-6-4-5-10-12(21(24,25)26)8-27-17(10)11/h4-8,27-28H,1-3H3. The minimum Gasteiger partial charge on any atom is -0.371 e. The maximum atomic E-state index is 15.9. The molecule has 0 atom stereocenters. The van der Waals surface area contributed by atoms with Crippen LogP contribution in [0.5, 0.6) is 0 Å². The number of nitrogens with zero attached hydrogens (tertiary/aromatic N) is 3. The number of aromatic nitrogens is 4. The van der Waals surface area contributed by atoms with E-state index < -0.39 is 34.5 Å². The average Bonchev–Trinajstić information content (AvgIpc) is 3.26. The maximum absolute atomic E-state index is 15.9. The summed E-state index contributed by atoms with van der Waals surface area (Å²) in [6, 6.07) is 5.13. The van der Waals surface area contributed by atoms with Crippen LogP contribution in [-0.4, -0.2) is 19.7 Å². The highest BCUT2D eigenvalue weighted by Crippen LogP contribution is 2.44. The van der Waals surface area contributed by atoms with Gasteiger partial charge in [0.05, 0.1) is 27.9 Å². The quantitative estimate of drug-likeness (QED) is 0.380. The molecule has 5 nitrogen and oxygen atoms in total. The number of alkyl halides is 3. The molecule has 0 unspecified atom stereocenters. The summed E-state index contributed by atoms with van der Waals surface area (Å²) in [5.74, 6) is -0.978. The second-order valence-electron chi connectivity index (χ2n) is 8.03. The molecular weight excluding hydrogens is 417 g/mol. The topological polar surface area (TPSA) is 58.5 Å². The highest BCUT2D eigenvalue weighted by atomic mass is 19.4. The first-order valence-corrected chi connectivity index (χ1v) is 9.41. The fraction of sp³-hybridized carbons (Fsp3) is 0.238. The van der Waals surface area contributed by atoms with Crippen LogP contribution in [0.3, 0.4) is 0 Å². The molecule has 0 saturated heterocycles. The molecule has 3 heterocycles. The molecule has 1 aliphatic heterocycles. The summed E-state index contributed by atoms with van der Waals surface area (Å²) in [5, 5.41) is 11.0. The zero-order chi connectivity index (χ0) is 22.3. The van der Waals surface area contributed by atoms with Gasteiger partial charge in [-0.3, -0.25) is 4.57 Å². The summed E-state index contributed by atoms with van der Waals surface area (Å²) >= 11 is 0. The number of para-hydroxylation sites is 1. The summed E-state index contributed by atoms with van der Waals surface area (Å²) in [6.07, 6.45) is -3.80. The second kappa shape index (κ2) is 6.05. The third-order valence-corrected chi connectivity index (χ3v) is 5.54. The van der Waals surface area contributed by atoms with Crippen LogP contribution < -0.4 is 5.32 Å². The van der Waals surface area contributed by atoms with Crippen molar-refractivity contribution >= 4 is 16.6 Å². The Labute approximate surface area is 172 Å². The first-order chi connectivity index (χ1) is 14.5. The Morgan fingerprint density at radius 1 is 1.10 bits per heavy atom. The van der Waals surface area contributed by atoms with Crippen LogP contribution in [0.2, 0.25) is 0 Å². The smallest absolute Gasteiger partial charge is 0.371 e. The van der Waals surface area contributed by atoms with E-state index in [-0.39, 0.29) is 27.8 Å². The van der Waals surface area contributed by atoms with Crippen LogP contribution in [0, 0.1) is 18.6 Å². The number of aromatic amines is 1. The molecule has 160 valence electrons. The van der Waals surface area contributed by atoms with E-state index in [9.17, 15) is 13.2 Å². The van der Waals surface area contributed by atoms with E-state index in [0.29, 0.717) is 11.6 Å². The van der Waals surface area contributed by atoms with Gasteiger partial charge in [-0.2, -0.15) is 13.2 Å². The van der Waals surface area contributed by atoms with Gasteiger partial charge in [0.2, 0.25) is 0 Å². The summed E-state index contributed by atoms with van der Waals surface area (Å²) in [7, 11) is 0. The molecule has 2 aromatic carbocycles. The van der Waals surface area contributed by atoms with Crippen LogP contribution in [0.25, 0.3) is 27.7 Å². The van der Waals surface area contributed by atoms with Crippen molar-refractivity contribution in [3.63, 3.8) is 0 Å². The first kappa shape index (κ1) is 19.5. The average molecular weight is 433 g/mol.